The smallest absolute Gasteiger partial charge is 0.223 e. The molecular formula is C7H4Cl2N2O. The summed E-state index contributed by atoms with van der Waals surface area (Å²) in [6.45, 7) is -0.223. The lowest BCUT2D eigenvalue weighted by atomic mass is 10.3. The molecule has 1 aromatic rings. The van der Waals surface area contributed by atoms with Gasteiger partial charge < -0.3 is 5.11 Å². The van der Waals surface area contributed by atoms with Crippen LogP contribution in [0.5, 0.6) is 0 Å². The SMILES string of the molecule is OCC#Cc1cnc(Cl)nc1Cl. The molecule has 3 nitrogen and oxygen atoms in total. The maximum atomic E-state index is 8.39. The Morgan fingerprint density at radius 3 is 2.83 bits per heavy atom. The van der Waals surface area contributed by atoms with Crippen molar-refractivity contribution >= 4 is 23.2 Å². The van der Waals surface area contributed by atoms with Crippen molar-refractivity contribution in [2.75, 3.05) is 6.61 Å². The Kier molecular flexibility index (Phi) is 3.30. The summed E-state index contributed by atoms with van der Waals surface area (Å²) in [5.74, 6) is 5.00. The van der Waals surface area contributed by atoms with Gasteiger partial charge in [0.25, 0.3) is 0 Å². The van der Waals surface area contributed by atoms with Gasteiger partial charge >= 0.3 is 0 Å². The first-order valence-corrected chi connectivity index (χ1v) is 3.77. The second-order valence-corrected chi connectivity index (χ2v) is 2.50. The lowest BCUT2D eigenvalue weighted by Gasteiger charge is -1.92. The third kappa shape index (κ3) is 2.35. The third-order valence-corrected chi connectivity index (χ3v) is 1.49. The molecule has 0 aliphatic rings. The van der Waals surface area contributed by atoms with Crippen LogP contribution in [0.15, 0.2) is 6.20 Å². The monoisotopic (exact) mass is 202 g/mol. The van der Waals surface area contributed by atoms with Crippen LogP contribution in [-0.4, -0.2) is 21.7 Å². The first-order valence-electron chi connectivity index (χ1n) is 3.02. The van der Waals surface area contributed by atoms with E-state index in [0.717, 1.165) is 0 Å². The minimum atomic E-state index is -0.223. The van der Waals surface area contributed by atoms with E-state index in [1.54, 1.807) is 0 Å². The van der Waals surface area contributed by atoms with Crippen LogP contribution in [0.25, 0.3) is 0 Å². The zero-order chi connectivity index (χ0) is 8.97. The van der Waals surface area contributed by atoms with Gasteiger partial charge in [0.2, 0.25) is 5.28 Å². The molecule has 0 bridgehead atoms. The highest BCUT2D eigenvalue weighted by Gasteiger charge is 1.99. The van der Waals surface area contributed by atoms with Crippen LogP contribution in [-0.2, 0) is 0 Å². The topological polar surface area (TPSA) is 46.0 Å². The zero-order valence-electron chi connectivity index (χ0n) is 5.88. The molecule has 12 heavy (non-hydrogen) atoms. The summed E-state index contributed by atoms with van der Waals surface area (Å²) in [5.41, 5.74) is 0.454. The second kappa shape index (κ2) is 4.27. The maximum absolute atomic E-state index is 8.39. The lowest BCUT2D eigenvalue weighted by Crippen LogP contribution is -1.87. The fourth-order valence-electron chi connectivity index (χ4n) is 0.560. The largest absolute Gasteiger partial charge is 0.384 e. The van der Waals surface area contributed by atoms with Crippen LogP contribution in [0.2, 0.25) is 10.4 Å². The van der Waals surface area contributed by atoms with Gasteiger partial charge in [0, 0.05) is 6.20 Å². The van der Waals surface area contributed by atoms with E-state index in [0.29, 0.717) is 5.56 Å². The van der Waals surface area contributed by atoms with E-state index in [1.165, 1.54) is 6.20 Å². The number of halogens is 2. The zero-order valence-corrected chi connectivity index (χ0v) is 7.39. The van der Waals surface area contributed by atoms with E-state index >= 15 is 0 Å². The van der Waals surface area contributed by atoms with Gasteiger partial charge in [-0.2, -0.15) is 0 Å². The van der Waals surface area contributed by atoms with E-state index in [1.807, 2.05) is 0 Å². The number of hydrogen-bond donors (Lipinski definition) is 1. The molecule has 1 rings (SSSR count). The van der Waals surface area contributed by atoms with Crippen LogP contribution in [0, 0.1) is 11.8 Å². The summed E-state index contributed by atoms with van der Waals surface area (Å²) in [4.78, 5) is 7.34. The number of aliphatic hydroxyl groups is 1. The van der Waals surface area contributed by atoms with Crippen LogP contribution < -0.4 is 0 Å². The van der Waals surface area contributed by atoms with Gasteiger partial charge in [0.1, 0.15) is 11.8 Å². The summed E-state index contributed by atoms with van der Waals surface area (Å²) in [7, 11) is 0. The fraction of sp³-hybridized carbons (Fsp3) is 0.143. The van der Waals surface area contributed by atoms with Crippen molar-refractivity contribution in [2.24, 2.45) is 0 Å². The van der Waals surface area contributed by atoms with Gasteiger partial charge in [-0.15, -0.1) is 0 Å². The lowest BCUT2D eigenvalue weighted by molar-refractivity contribution is 0.350. The predicted molar refractivity (Wildman–Crippen MR) is 46.0 cm³/mol. The highest BCUT2D eigenvalue weighted by atomic mass is 35.5. The molecular weight excluding hydrogens is 199 g/mol. The Balaban J connectivity index is 3.01. The van der Waals surface area contributed by atoms with Crippen LogP contribution in [0.1, 0.15) is 5.56 Å². The molecule has 0 saturated carbocycles. The molecule has 0 atom stereocenters. The minimum absolute atomic E-state index is 0.0783. The highest BCUT2D eigenvalue weighted by Crippen LogP contribution is 2.12. The molecule has 0 aromatic carbocycles. The van der Waals surface area contributed by atoms with Gasteiger partial charge in [0.15, 0.2) is 0 Å². The average Bonchev–Trinajstić information content (AvgIpc) is 2.03. The van der Waals surface area contributed by atoms with Crippen molar-refractivity contribution < 1.29 is 5.11 Å². The highest BCUT2D eigenvalue weighted by molar-refractivity contribution is 6.32. The molecule has 1 aromatic heterocycles. The average molecular weight is 203 g/mol. The van der Waals surface area contributed by atoms with Crippen molar-refractivity contribution in [3.8, 4) is 11.8 Å². The van der Waals surface area contributed by atoms with Crippen LogP contribution in [0.3, 0.4) is 0 Å². The van der Waals surface area contributed by atoms with Crippen LogP contribution >= 0.6 is 23.2 Å². The Morgan fingerprint density at radius 2 is 2.25 bits per heavy atom. The van der Waals surface area contributed by atoms with E-state index in [-0.39, 0.29) is 17.0 Å². The normalized spacial score (nSPS) is 8.92. The van der Waals surface area contributed by atoms with E-state index < -0.39 is 0 Å². The van der Waals surface area contributed by atoms with Crippen molar-refractivity contribution in [1.29, 1.82) is 0 Å². The Bertz CT molecular complexity index is 343. The third-order valence-electron chi connectivity index (χ3n) is 1.01. The molecule has 0 aliphatic heterocycles. The molecule has 1 N–H and O–H groups in total. The van der Waals surface area contributed by atoms with Crippen molar-refractivity contribution in [2.45, 2.75) is 0 Å². The first kappa shape index (κ1) is 9.27. The standard InChI is InChI=1S/C7H4Cl2N2O/c8-6-5(2-1-3-12)4-10-7(9)11-6/h4,12H,3H2. The molecule has 0 aliphatic carbocycles. The molecule has 1 heterocycles. The first-order chi connectivity index (χ1) is 5.74. The molecule has 0 spiro atoms. The summed E-state index contributed by atoms with van der Waals surface area (Å²) in [5, 5.41) is 8.66. The molecule has 0 unspecified atom stereocenters. The summed E-state index contributed by atoms with van der Waals surface area (Å²) in [6.07, 6.45) is 1.40. The summed E-state index contributed by atoms with van der Waals surface area (Å²) in [6, 6.07) is 0. The molecule has 0 fully saturated rings. The summed E-state index contributed by atoms with van der Waals surface area (Å²) >= 11 is 11.1. The molecule has 0 saturated heterocycles. The summed E-state index contributed by atoms with van der Waals surface area (Å²) < 4.78 is 0. The van der Waals surface area contributed by atoms with Gasteiger partial charge in [-0.3, -0.25) is 0 Å². The van der Waals surface area contributed by atoms with Gasteiger partial charge in [-0.25, -0.2) is 9.97 Å². The molecule has 62 valence electrons. The van der Waals surface area contributed by atoms with Gasteiger partial charge in [0.05, 0.1) is 5.56 Å². The fourth-order valence-corrected chi connectivity index (χ4v) is 0.912. The number of aliphatic hydroxyl groups excluding tert-OH is 1. The van der Waals surface area contributed by atoms with E-state index in [9.17, 15) is 0 Å². The van der Waals surface area contributed by atoms with Gasteiger partial charge in [-0.1, -0.05) is 23.4 Å². The number of hydrogen-bond acceptors (Lipinski definition) is 3. The number of rotatable bonds is 0. The number of nitrogens with zero attached hydrogens (tertiary/aromatic N) is 2. The Morgan fingerprint density at radius 1 is 1.50 bits per heavy atom. The maximum Gasteiger partial charge on any atom is 0.223 e. The Labute approximate surface area is 79.4 Å². The quantitative estimate of drug-likeness (QED) is 0.390. The van der Waals surface area contributed by atoms with Crippen LogP contribution in [0.4, 0.5) is 0 Å². The van der Waals surface area contributed by atoms with Crippen molar-refractivity contribution in [3.05, 3.63) is 22.2 Å². The predicted octanol–water partition coefficient (Wildman–Crippen LogP) is 1.13. The van der Waals surface area contributed by atoms with Gasteiger partial charge in [-0.05, 0) is 11.6 Å². The van der Waals surface area contributed by atoms with Crippen molar-refractivity contribution in [3.63, 3.8) is 0 Å². The molecule has 0 radical (unpaired) electrons. The van der Waals surface area contributed by atoms with E-state index in [2.05, 4.69) is 21.8 Å². The Hall–Kier alpha value is -0.820. The second-order valence-electron chi connectivity index (χ2n) is 1.80. The van der Waals surface area contributed by atoms with Crippen molar-refractivity contribution in [1.82, 2.24) is 9.97 Å². The van der Waals surface area contributed by atoms with E-state index in [4.69, 9.17) is 28.3 Å². The molecule has 0 amide bonds. The molecule has 5 heteroatoms. The minimum Gasteiger partial charge on any atom is -0.384 e. The number of aromatic nitrogens is 2.